The molecule has 0 atom stereocenters. The van der Waals surface area contributed by atoms with E-state index in [1.54, 1.807) is 0 Å². The van der Waals surface area contributed by atoms with Gasteiger partial charge in [-0.3, -0.25) is 0 Å². The Balaban J connectivity index is 1.34. The van der Waals surface area contributed by atoms with Gasteiger partial charge in [0.2, 0.25) is 0 Å². The number of rotatable bonds is 4. The number of hydrogen-bond acceptors (Lipinski definition) is 4. The molecule has 0 N–H and O–H groups in total. The molecule has 238 valence electrons. The van der Waals surface area contributed by atoms with Crippen molar-refractivity contribution in [3.8, 4) is 45.3 Å². The van der Waals surface area contributed by atoms with Crippen LogP contribution in [0.3, 0.4) is 0 Å². The van der Waals surface area contributed by atoms with E-state index in [1.807, 2.05) is 48.5 Å². The Morgan fingerprint density at radius 3 is 1.58 bits per heavy atom. The highest BCUT2D eigenvalue weighted by atomic mass is 16.3. The Morgan fingerprint density at radius 1 is 0.346 bits per heavy atom. The van der Waals surface area contributed by atoms with Crippen molar-refractivity contribution in [1.82, 2.24) is 15.0 Å². The van der Waals surface area contributed by atoms with Gasteiger partial charge in [-0.2, -0.15) is 0 Å². The Hall–Kier alpha value is -5.68. The van der Waals surface area contributed by atoms with E-state index in [4.69, 9.17) is 19.4 Å². The lowest BCUT2D eigenvalue weighted by Crippen LogP contribution is -2.52. The quantitative estimate of drug-likeness (QED) is 0.218. The minimum atomic E-state index is 0.613. The summed E-state index contributed by atoms with van der Waals surface area (Å²) in [4.78, 5) is 15.6. The molecule has 7 aromatic carbocycles. The number of benzene rings is 7. The Kier molecular flexibility index (Phi) is 7.59. The average Bonchev–Trinajstić information content (AvgIpc) is 3.57. The van der Waals surface area contributed by atoms with Crippen LogP contribution in [0.2, 0.25) is 0 Å². The molecule has 0 unspecified atom stereocenters. The first kappa shape index (κ1) is 32.2. The molecule has 4 nitrogen and oxygen atoms in total. The van der Waals surface area contributed by atoms with Crippen LogP contribution in [0.4, 0.5) is 0 Å². The molecule has 9 aromatic rings. The van der Waals surface area contributed by atoms with Gasteiger partial charge in [0.15, 0.2) is 17.5 Å². The summed E-state index contributed by atoms with van der Waals surface area (Å²) in [5.41, 5.74) is 16.5. The van der Waals surface area contributed by atoms with Gasteiger partial charge in [0.1, 0.15) is 66.1 Å². The van der Waals surface area contributed by atoms with E-state index in [1.165, 1.54) is 65.5 Å². The lowest BCUT2D eigenvalue weighted by atomic mass is 9.58. The maximum absolute atomic E-state index is 6.27. The predicted molar refractivity (Wildman–Crippen MR) is 241 cm³/mol. The van der Waals surface area contributed by atoms with Gasteiger partial charge in [-0.25, -0.2) is 15.0 Å². The van der Waals surface area contributed by atoms with Crippen molar-refractivity contribution in [3.05, 3.63) is 109 Å². The number of aromatic nitrogens is 3. The molecule has 0 aliphatic carbocycles. The Bertz CT molecular complexity index is 2940. The largest absolute Gasteiger partial charge is 0.456 e. The van der Waals surface area contributed by atoms with Gasteiger partial charge in [-0.05, 0) is 44.8 Å². The number of nitrogens with zero attached hydrogens (tertiary/aromatic N) is 3. The van der Waals surface area contributed by atoms with Crippen molar-refractivity contribution in [2.24, 2.45) is 0 Å². The minimum absolute atomic E-state index is 0.613. The van der Waals surface area contributed by atoms with Crippen LogP contribution in [-0.2, 0) is 0 Å². The Labute approximate surface area is 309 Å². The first-order valence-corrected chi connectivity index (χ1v) is 18.0. The predicted octanol–water partition coefficient (Wildman–Crippen LogP) is -1.45. The molecule has 0 spiro atoms. The highest BCUT2D eigenvalue weighted by molar-refractivity contribution is 6.71. The first-order chi connectivity index (χ1) is 25.2. The van der Waals surface area contributed by atoms with E-state index in [-0.39, 0.29) is 0 Å². The SMILES string of the molecule is Bc1c(B)c(B)c2c(-c3cccc4c(-c5nc(-c6ccccc6)nc(-c6cccc7oc8ccccc8c67)n5)cccc34)c(B)c(B)c(B)c2c1B. The van der Waals surface area contributed by atoms with Crippen molar-refractivity contribution in [3.63, 3.8) is 0 Å². The summed E-state index contributed by atoms with van der Waals surface area (Å²) < 4.78 is 6.27. The highest BCUT2D eigenvalue weighted by Crippen LogP contribution is 2.38. The van der Waals surface area contributed by atoms with Crippen molar-refractivity contribution >= 4 is 137 Å². The van der Waals surface area contributed by atoms with Gasteiger partial charge < -0.3 is 4.42 Å². The second-order valence-corrected chi connectivity index (χ2v) is 14.2. The van der Waals surface area contributed by atoms with Crippen LogP contribution in [0.5, 0.6) is 0 Å². The maximum Gasteiger partial charge on any atom is 0.164 e. The summed E-state index contributed by atoms with van der Waals surface area (Å²) in [7, 11) is 15.9. The summed E-state index contributed by atoms with van der Waals surface area (Å²) in [5.74, 6) is 1.88. The lowest BCUT2D eigenvalue weighted by Gasteiger charge is -2.25. The summed E-state index contributed by atoms with van der Waals surface area (Å²) in [6.45, 7) is 0. The molecule has 0 saturated heterocycles. The topological polar surface area (TPSA) is 51.8 Å². The van der Waals surface area contributed by atoms with Gasteiger partial charge in [0.05, 0.1) is 0 Å². The molecule has 0 aliphatic heterocycles. The molecule has 0 aliphatic rings. The molecule has 0 radical (unpaired) electrons. The van der Waals surface area contributed by atoms with Crippen LogP contribution in [0.15, 0.2) is 114 Å². The van der Waals surface area contributed by atoms with E-state index in [0.29, 0.717) is 17.5 Å². The van der Waals surface area contributed by atoms with Gasteiger partial charge in [0, 0.05) is 27.5 Å². The molecule has 52 heavy (non-hydrogen) atoms. The van der Waals surface area contributed by atoms with E-state index in [0.717, 1.165) is 44.0 Å². The first-order valence-electron chi connectivity index (χ1n) is 18.0. The van der Waals surface area contributed by atoms with Crippen LogP contribution in [0.25, 0.3) is 88.8 Å². The fourth-order valence-corrected chi connectivity index (χ4v) is 8.29. The van der Waals surface area contributed by atoms with Gasteiger partial charge in [-0.1, -0.05) is 119 Å². The van der Waals surface area contributed by atoms with Gasteiger partial charge in [-0.15, -0.1) is 16.4 Å². The third kappa shape index (κ3) is 4.82. The molecule has 2 heterocycles. The highest BCUT2D eigenvalue weighted by Gasteiger charge is 2.22. The normalized spacial score (nSPS) is 11.6. The Morgan fingerprint density at radius 2 is 0.846 bits per heavy atom. The zero-order valence-corrected chi connectivity index (χ0v) is 30.6. The third-order valence-electron chi connectivity index (χ3n) is 11.6. The molecular formula is C41H32B7N3O. The second-order valence-electron chi connectivity index (χ2n) is 14.2. The van der Waals surface area contributed by atoms with Crippen LogP contribution in [0.1, 0.15) is 0 Å². The van der Waals surface area contributed by atoms with Crippen molar-refractivity contribution in [2.45, 2.75) is 0 Å². The molecular weight excluding hydrogens is 626 g/mol. The van der Waals surface area contributed by atoms with E-state index in [9.17, 15) is 0 Å². The monoisotopic (exact) mass is 659 g/mol. The molecule has 0 bridgehead atoms. The smallest absolute Gasteiger partial charge is 0.164 e. The van der Waals surface area contributed by atoms with Crippen molar-refractivity contribution in [1.29, 1.82) is 0 Å². The maximum atomic E-state index is 6.27. The molecule has 0 amide bonds. The minimum Gasteiger partial charge on any atom is -0.456 e. The van der Waals surface area contributed by atoms with Gasteiger partial charge >= 0.3 is 0 Å². The third-order valence-corrected chi connectivity index (χ3v) is 11.6. The second kappa shape index (κ2) is 12.2. The van der Waals surface area contributed by atoms with Gasteiger partial charge in [0.25, 0.3) is 0 Å². The number of hydrogen-bond donors (Lipinski definition) is 0. The fourth-order valence-electron chi connectivity index (χ4n) is 8.29. The lowest BCUT2D eigenvalue weighted by molar-refractivity contribution is 0.669. The van der Waals surface area contributed by atoms with E-state index >= 15 is 0 Å². The average molecular weight is 658 g/mol. The van der Waals surface area contributed by atoms with Crippen LogP contribution >= 0.6 is 0 Å². The van der Waals surface area contributed by atoms with Crippen molar-refractivity contribution in [2.75, 3.05) is 0 Å². The molecule has 0 fully saturated rings. The number of furan rings is 1. The zero-order chi connectivity index (χ0) is 35.8. The van der Waals surface area contributed by atoms with Crippen LogP contribution in [-0.4, -0.2) is 69.9 Å². The summed E-state index contributed by atoms with van der Waals surface area (Å²) in [6.07, 6.45) is 0. The summed E-state index contributed by atoms with van der Waals surface area (Å²) in [6, 6.07) is 37.6. The zero-order valence-electron chi connectivity index (χ0n) is 30.6. The van der Waals surface area contributed by atoms with E-state index in [2.05, 4.69) is 116 Å². The molecule has 2 aromatic heterocycles. The van der Waals surface area contributed by atoms with Crippen LogP contribution in [0, 0.1) is 0 Å². The van der Waals surface area contributed by atoms with E-state index < -0.39 is 0 Å². The number of para-hydroxylation sites is 1. The molecule has 9 rings (SSSR count). The summed E-state index contributed by atoms with van der Waals surface area (Å²) in [5, 5.41) is 7.05. The fraction of sp³-hybridized carbons (Fsp3) is 0. The molecule has 11 heteroatoms. The van der Waals surface area contributed by atoms with Crippen molar-refractivity contribution < 1.29 is 4.42 Å². The summed E-state index contributed by atoms with van der Waals surface area (Å²) >= 11 is 0. The number of fused-ring (bicyclic) bond motifs is 5. The van der Waals surface area contributed by atoms with Crippen LogP contribution < -0.4 is 38.2 Å². The standard InChI is InChI=1S/C41H32B7N3O/c42-32-29(30-31(34(44)36(32)46)35(45)38(48)37(47)33(30)43)22-14-6-13-21-20(22)12-7-15-23(21)40-49-39(19-9-2-1-3-10-19)50-41(51-40)25-16-8-18-27-28(25)24-11-4-5-17-26(24)52-27/h1-18H,42-48H2. The molecule has 0 saturated carbocycles.